The molecule has 1 fully saturated rings. The van der Waals surface area contributed by atoms with Crippen LogP contribution in [0.3, 0.4) is 0 Å². The van der Waals surface area contributed by atoms with Crippen LogP contribution in [0.15, 0.2) is 29.2 Å². The van der Waals surface area contributed by atoms with E-state index in [1.807, 2.05) is 6.92 Å². The van der Waals surface area contributed by atoms with Crippen molar-refractivity contribution in [2.75, 3.05) is 26.3 Å². The Morgan fingerprint density at radius 2 is 1.70 bits per heavy atom. The topological polar surface area (TPSA) is 99.4 Å². The number of rotatable bonds is 1. The molecule has 1 aromatic carbocycles. The molecule has 6 nitrogen and oxygen atoms in total. The number of ether oxygens (including phenoxy) is 1. The maximum atomic E-state index is 10.5. The maximum Gasteiger partial charge on any atom is 0.294 e. The van der Waals surface area contributed by atoms with Gasteiger partial charge in [0.1, 0.15) is 0 Å². The largest absolute Gasteiger partial charge is 0.379 e. The summed E-state index contributed by atoms with van der Waals surface area (Å²) in [5, 5.41) is 10.5. The molecule has 1 heterocycles. The molecule has 0 atom stereocenters. The Morgan fingerprint density at radius 3 is 1.95 bits per heavy atom. The third-order valence-electron chi connectivity index (χ3n) is 2.17. The first-order chi connectivity index (χ1) is 9.41. The van der Waals surface area contributed by atoms with Crippen LogP contribution in [-0.2, 0) is 14.9 Å². The maximum absolute atomic E-state index is 10.5. The zero-order valence-corrected chi connectivity index (χ0v) is 12.5. The van der Waals surface area contributed by atoms with Gasteiger partial charge < -0.3 is 10.1 Å². The monoisotopic (exact) mass is 300 g/mol. The number of morpholine rings is 1. The quantitative estimate of drug-likeness (QED) is 0.760. The standard InChI is InChI=1S/C7H8O3S.C4H9NO.C2H3N/c1-6-2-4-7(5-3-6)11(8,9)10;1-3-6-4-2-5-1;1-2-3/h2-5H,1H3,(H,8,9,10);5H,1-4H2;1H3. The van der Waals surface area contributed by atoms with Gasteiger partial charge in [0.2, 0.25) is 0 Å². The van der Waals surface area contributed by atoms with Crippen LogP contribution in [0.2, 0.25) is 0 Å². The highest BCUT2D eigenvalue weighted by molar-refractivity contribution is 7.85. The number of nitrogens with one attached hydrogen (secondary N) is 1. The Labute approximate surface area is 120 Å². The summed E-state index contributed by atoms with van der Waals surface area (Å²) in [6.07, 6.45) is 0. The molecule has 0 unspecified atom stereocenters. The van der Waals surface area contributed by atoms with Crippen LogP contribution in [0, 0.1) is 18.3 Å². The fraction of sp³-hybridized carbons (Fsp3) is 0.462. The van der Waals surface area contributed by atoms with Crippen molar-refractivity contribution < 1.29 is 17.7 Å². The van der Waals surface area contributed by atoms with Gasteiger partial charge in [-0.25, -0.2) is 0 Å². The Kier molecular flexibility index (Phi) is 9.59. The summed E-state index contributed by atoms with van der Waals surface area (Å²) in [5.41, 5.74) is 0.956. The van der Waals surface area contributed by atoms with Crippen LogP contribution in [0.4, 0.5) is 0 Å². The smallest absolute Gasteiger partial charge is 0.294 e. The van der Waals surface area contributed by atoms with E-state index >= 15 is 0 Å². The fourth-order valence-electron chi connectivity index (χ4n) is 1.23. The van der Waals surface area contributed by atoms with Gasteiger partial charge in [0.15, 0.2) is 0 Å². The van der Waals surface area contributed by atoms with E-state index in [0.29, 0.717) is 0 Å². The van der Waals surface area contributed by atoms with E-state index in [0.717, 1.165) is 31.9 Å². The second-order valence-electron chi connectivity index (χ2n) is 3.87. The van der Waals surface area contributed by atoms with Crippen molar-refractivity contribution in [1.29, 1.82) is 5.26 Å². The minimum Gasteiger partial charge on any atom is -0.379 e. The lowest BCUT2D eigenvalue weighted by atomic mass is 10.2. The third kappa shape index (κ3) is 9.47. The van der Waals surface area contributed by atoms with E-state index in [1.54, 1.807) is 18.2 Å². The van der Waals surface area contributed by atoms with Gasteiger partial charge >= 0.3 is 0 Å². The van der Waals surface area contributed by atoms with Crippen LogP contribution in [-0.4, -0.2) is 39.3 Å². The first-order valence-corrected chi connectivity index (χ1v) is 7.49. The third-order valence-corrected chi connectivity index (χ3v) is 3.03. The van der Waals surface area contributed by atoms with Gasteiger partial charge in [-0.3, -0.25) is 4.55 Å². The van der Waals surface area contributed by atoms with Crippen LogP contribution >= 0.6 is 0 Å². The van der Waals surface area contributed by atoms with E-state index in [-0.39, 0.29) is 4.90 Å². The number of nitrogens with zero attached hydrogens (tertiary/aromatic N) is 1. The van der Waals surface area contributed by atoms with Gasteiger partial charge in [0, 0.05) is 20.0 Å². The van der Waals surface area contributed by atoms with Gasteiger partial charge in [0.25, 0.3) is 10.1 Å². The molecule has 0 saturated carbocycles. The second kappa shape index (κ2) is 10.3. The Hall–Kier alpha value is -1.46. The highest BCUT2D eigenvalue weighted by Crippen LogP contribution is 2.08. The number of nitriles is 1. The van der Waals surface area contributed by atoms with Crippen molar-refractivity contribution in [3.05, 3.63) is 29.8 Å². The summed E-state index contributed by atoms with van der Waals surface area (Å²) in [7, 11) is -4.02. The SMILES string of the molecule is C1COCCN1.CC#N.Cc1ccc(S(=O)(=O)O)cc1. The number of hydrogen-bond acceptors (Lipinski definition) is 5. The van der Waals surface area contributed by atoms with Crippen molar-refractivity contribution >= 4 is 10.1 Å². The summed E-state index contributed by atoms with van der Waals surface area (Å²) in [6.45, 7) is 7.10. The molecular formula is C13H20N2O4S. The Balaban J connectivity index is 0.000000336. The molecule has 0 aliphatic carbocycles. The average Bonchev–Trinajstić information content (AvgIpc) is 2.42. The molecule has 0 spiro atoms. The van der Waals surface area contributed by atoms with Gasteiger partial charge in [-0.05, 0) is 19.1 Å². The van der Waals surface area contributed by atoms with Gasteiger partial charge in [-0.2, -0.15) is 13.7 Å². The Morgan fingerprint density at radius 1 is 1.25 bits per heavy atom. The molecule has 2 rings (SSSR count). The summed E-state index contributed by atoms with van der Waals surface area (Å²) in [6, 6.07) is 7.74. The summed E-state index contributed by atoms with van der Waals surface area (Å²) < 4.78 is 34.6. The fourth-order valence-corrected chi connectivity index (χ4v) is 1.71. The lowest BCUT2D eigenvalue weighted by molar-refractivity contribution is 0.109. The zero-order valence-electron chi connectivity index (χ0n) is 11.7. The molecular weight excluding hydrogens is 280 g/mol. The van der Waals surface area contributed by atoms with Crippen molar-refractivity contribution in [2.24, 2.45) is 0 Å². The minimum absolute atomic E-state index is 0.0666. The number of aryl methyl sites for hydroxylation is 1. The zero-order chi connectivity index (χ0) is 15.4. The summed E-state index contributed by atoms with van der Waals surface area (Å²) in [5.74, 6) is 0. The second-order valence-corrected chi connectivity index (χ2v) is 5.30. The van der Waals surface area contributed by atoms with E-state index in [2.05, 4.69) is 5.32 Å². The number of hydrogen-bond donors (Lipinski definition) is 2. The van der Waals surface area contributed by atoms with Crippen molar-refractivity contribution in [3.8, 4) is 6.07 Å². The molecule has 2 N–H and O–H groups in total. The predicted molar refractivity (Wildman–Crippen MR) is 76.0 cm³/mol. The van der Waals surface area contributed by atoms with Crippen LogP contribution < -0.4 is 5.32 Å². The molecule has 1 saturated heterocycles. The van der Waals surface area contributed by atoms with Crippen LogP contribution in [0.1, 0.15) is 12.5 Å². The lowest BCUT2D eigenvalue weighted by Gasteiger charge is -2.10. The molecule has 112 valence electrons. The minimum atomic E-state index is -4.02. The van der Waals surface area contributed by atoms with Crippen LogP contribution in [0.5, 0.6) is 0 Å². The molecule has 7 heteroatoms. The normalized spacial score (nSPS) is 13.9. The highest BCUT2D eigenvalue weighted by Gasteiger charge is 2.06. The van der Waals surface area contributed by atoms with Crippen LogP contribution in [0.25, 0.3) is 0 Å². The first-order valence-electron chi connectivity index (χ1n) is 6.05. The Bertz CT molecular complexity index is 491. The summed E-state index contributed by atoms with van der Waals surface area (Å²) >= 11 is 0. The number of benzene rings is 1. The van der Waals surface area contributed by atoms with E-state index in [4.69, 9.17) is 14.6 Å². The van der Waals surface area contributed by atoms with Crippen molar-refractivity contribution in [1.82, 2.24) is 5.32 Å². The van der Waals surface area contributed by atoms with E-state index < -0.39 is 10.1 Å². The molecule has 0 amide bonds. The molecule has 1 aliphatic rings. The van der Waals surface area contributed by atoms with Gasteiger partial charge in [0.05, 0.1) is 24.2 Å². The molecule has 1 aliphatic heterocycles. The van der Waals surface area contributed by atoms with Crippen molar-refractivity contribution in [3.63, 3.8) is 0 Å². The first kappa shape index (κ1) is 18.5. The molecule has 1 aromatic rings. The van der Waals surface area contributed by atoms with Crippen molar-refractivity contribution in [2.45, 2.75) is 18.7 Å². The molecule has 0 bridgehead atoms. The molecule has 0 radical (unpaired) electrons. The lowest BCUT2D eigenvalue weighted by Crippen LogP contribution is -2.30. The van der Waals surface area contributed by atoms with E-state index in [9.17, 15) is 8.42 Å². The average molecular weight is 300 g/mol. The molecule has 20 heavy (non-hydrogen) atoms. The predicted octanol–water partition coefficient (Wildman–Crippen LogP) is 1.38. The van der Waals surface area contributed by atoms with Gasteiger partial charge in [-0.15, -0.1) is 0 Å². The molecule has 0 aromatic heterocycles. The highest BCUT2D eigenvalue weighted by atomic mass is 32.2. The van der Waals surface area contributed by atoms with E-state index in [1.165, 1.54) is 19.1 Å². The van der Waals surface area contributed by atoms with Gasteiger partial charge in [-0.1, -0.05) is 17.7 Å². The summed E-state index contributed by atoms with van der Waals surface area (Å²) in [4.78, 5) is -0.0666.